The molecule has 3 aliphatic carbocycles. The second-order valence-corrected chi connectivity index (χ2v) is 7.83. The van der Waals surface area contributed by atoms with Crippen LogP contribution in [-0.2, 0) is 6.42 Å². The van der Waals surface area contributed by atoms with Crippen LogP contribution in [0.15, 0.2) is 18.2 Å². The van der Waals surface area contributed by atoms with Gasteiger partial charge in [0.25, 0.3) is 0 Å². The average Bonchev–Trinajstić information content (AvgIpc) is 2.82. The third-order valence-electron chi connectivity index (χ3n) is 6.77. The van der Waals surface area contributed by atoms with Crippen molar-refractivity contribution in [2.75, 3.05) is 7.05 Å². The van der Waals surface area contributed by atoms with Crippen LogP contribution in [-0.4, -0.2) is 13.2 Å². The van der Waals surface area contributed by atoms with Crippen LogP contribution in [0.4, 0.5) is 0 Å². The Kier molecular flexibility index (Phi) is 2.54. The van der Waals surface area contributed by atoms with Crippen LogP contribution in [0.3, 0.4) is 0 Å². The molecule has 0 saturated heterocycles. The van der Waals surface area contributed by atoms with Crippen molar-refractivity contribution in [3.05, 3.63) is 29.3 Å². The minimum Gasteiger partial charge on any atom is -0.490 e. The fraction of sp³-hybridized carbons (Fsp3) is 0.684. The van der Waals surface area contributed by atoms with E-state index in [2.05, 4.69) is 37.5 Å². The van der Waals surface area contributed by atoms with E-state index < -0.39 is 0 Å². The van der Waals surface area contributed by atoms with Crippen LogP contribution in [0.25, 0.3) is 0 Å². The predicted molar refractivity (Wildman–Crippen MR) is 83.3 cm³/mol. The molecule has 4 aliphatic rings. The molecule has 0 spiro atoms. The summed E-state index contributed by atoms with van der Waals surface area (Å²) in [5, 5.41) is 3.64. The number of nitrogens with one attached hydrogen (secondary N) is 1. The number of hydrogen-bond acceptors (Lipinski definition) is 2. The second-order valence-electron chi connectivity index (χ2n) is 7.83. The van der Waals surface area contributed by atoms with Gasteiger partial charge in [-0.2, -0.15) is 0 Å². The first-order chi connectivity index (χ1) is 10.3. The number of rotatable bonds is 3. The topological polar surface area (TPSA) is 21.3 Å². The van der Waals surface area contributed by atoms with Crippen molar-refractivity contribution in [3.8, 4) is 5.75 Å². The fourth-order valence-corrected chi connectivity index (χ4v) is 6.06. The summed E-state index contributed by atoms with van der Waals surface area (Å²) in [5.41, 5.74) is 2.90. The molecule has 2 nitrogen and oxygen atoms in total. The highest BCUT2D eigenvalue weighted by Gasteiger charge is 2.66. The van der Waals surface area contributed by atoms with E-state index in [-0.39, 0.29) is 0 Å². The summed E-state index contributed by atoms with van der Waals surface area (Å²) in [6.45, 7) is 2.16. The smallest absolute Gasteiger partial charge is 0.123 e. The lowest BCUT2D eigenvalue weighted by atomic mass is 9.92. The van der Waals surface area contributed by atoms with Gasteiger partial charge in [-0.1, -0.05) is 12.1 Å². The Labute approximate surface area is 127 Å². The first-order valence-electron chi connectivity index (χ1n) is 8.73. The maximum atomic E-state index is 5.85. The van der Waals surface area contributed by atoms with Crippen molar-refractivity contribution in [2.45, 2.75) is 44.8 Å². The molecule has 112 valence electrons. The minimum atomic E-state index is 0.347. The van der Waals surface area contributed by atoms with Gasteiger partial charge in [-0.15, -0.1) is 0 Å². The van der Waals surface area contributed by atoms with Gasteiger partial charge in [0.1, 0.15) is 11.9 Å². The summed E-state index contributed by atoms with van der Waals surface area (Å²) in [4.78, 5) is 0. The number of hydrogen-bond donors (Lipinski definition) is 1. The monoisotopic (exact) mass is 283 g/mol. The lowest BCUT2D eigenvalue weighted by Gasteiger charge is -2.21. The van der Waals surface area contributed by atoms with Crippen LogP contribution in [0.1, 0.15) is 43.4 Å². The highest BCUT2D eigenvalue weighted by Crippen LogP contribution is 2.72. The molecule has 3 fully saturated rings. The highest BCUT2D eigenvalue weighted by atomic mass is 16.5. The van der Waals surface area contributed by atoms with E-state index >= 15 is 0 Å². The zero-order valence-electron chi connectivity index (χ0n) is 13.0. The third kappa shape index (κ3) is 1.69. The molecule has 1 heterocycles. The number of benzene rings is 1. The Morgan fingerprint density at radius 2 is 1.95 bits per heavy atom. The summed E-state index contributed by atoms with van der Waals surface area (Å²) in [6, 6.07) is 7.47. The van der Waals surface area contributed by atoms with Crippen molar-refractivity contribution in [1.29, 1.82) is 0 Å². The number of fused-ring (bicyclic) bond motifs is 6. The molecule has 2 bridgehead atoms. The lowest BCUT2D eigenvalue weighted by Crippen LogP contribution is -2.22. The molecule has 0 radical (unpaired) electrons. The third-order valence-corrected chi connectivity index (χ3v) is 6.77. The highest BCUT2D eigenvalue weighted by molar-refractivity contribution is 5.42. The normalized spacial score (nSPS) is 43.3. The van der Waals surface area contributed by atoms with E-state index in [1.165, 1.54) is 30.4 Å². The summed E-state index contributed by atoms with van der Waals surface area (Å²) in [6.07, 6.45) is 5.97. The van der Waals surface area contributed by atoms with Gasteiger partial charge in [-0.25, -0.2) is 0 Å². The molecule has 6 unspecified atom stereocenters. The van der Waals surface area contributed by atoms with Gasteiger partial charge in [-0.3, -0.25) is 0 Å². The van der Waals surface area contributed by atoms with Crippen molar-refractivity contribution >= 4 is 0 Å². The van der Waals surface area contributed by atoms with E-state index in [1.807, 2.05) is 0 Å². The van der Waals surface area contributed by atoms with Gasteiger partial charge < -0.3 is 10.1 Å². The standard InChI is InChI=1S/C19H25NO/c1-10-7-14-9-13(5-6-15(14)21-10)19(20-2)18-16-11-3-4-12(8-11)17(16)18/h5-6,9-12,16-20H,3-4,7-8H2,1-2H3. The quantitative estimate of drug-likeness (QED) is 0.916. The first-order valence-corrected chi connectivity index (χ1v) is 8.73. The molecule has 6 atom stereocenters. The zero-order valence-corrected chi connectivity index (χ0v) is 13.0. The summed E-state index contributed by atoms with van der Waals surface area (Å²) in [5.74, 6) is 6.18. The summed E-state index contributed by atoms with van der Waals surface area (Å²) < 4.78 is 5.85. The van der Waals surface area contributed by atoms with E-state index in [0.717, 1.165) is 41.8 Å². The lowest BCUT2D eigenvalue weighted by molar-refractivity contribution is 0.254. The fourth-order valence-electron chi connectivity index (χ4n) is 6.06. The van der Waals surface area contributed by atoms with Crippen molar-refractivity contribution in [3.63, 3.8) is 0 Å². The van der Waals surface area contributed by atoms with Crippen molar-refractivity contribution < 1.29 is 4.74 Å². The van der Waals surface area contributed by atoms with Crippen molar-refractivity contribution in [2.24, 2.45) is 29.6 Å². The molecular weight excluding hydrogens is 258 g/mol. The van der Waals surface area contributed by atoms with E-state index in [0.29, 0.717) is 12.1 Å². The molecule has 0 amide bonds. The molecule has 1 aromatic rings. The van der Waals surface area contributed by atoms with Crippen LogP contribution in [0, 0.1) is 29.6 Å². The first kappa shape index (κ1) is 12.5. The maximum absolute atomic E-state index is 5.85. The molecule has 1 N–H and O–H groups in total. The predicted octanol–water partition coefficient (Wildman–Crippen LogP) is 3.56. The molecule has 1 aromatic carbocycles. The molecule has 21 heavy (non-hydrogen) atoms. The van der Waals surface area contributed by atoms with Crippen LogP contribution >= 0.6 is 0 Å². The van der Waals surface area contributed by atoms with E-state index in [1.54, 1.807) is 0 Å². The summed E-state index contributed by atoms with van der Waals surface area (Å²) in [7, 11) is 2.15. The van der Waals surface area contributed by atoms with Crippen molar-refractivity contribution in [1.82, 2.24) is 5.32 Å². The molecular formula is C19H25NO. The molecule has 0 aromatic heterocycles. The average molecular weight is 283 g/mol. The molecule has 1 aliphatic heterocycles. The van der Waals surface area contributed by atoms with E-state index in [9.17, 15) is 0 Å². The SMILES string of the molecule is CNC(c1ccc2c(c1)CC(C)O2)C1C2C3CCC(C3)C21. The Morgan fingerprint density at radius 1 is 1.19 bits per heavy atom. The Morgan fingerprint density at radius 3 is 2.67 bits per heavy atom. The van der Waals surface area contributed by atoms with Gasteiger partial charge in [0.05, 0.1) is 0 Å². The second kappa shape index (κ2) is 4.25. The molecule has 2 heteroatoms. The minimum absolute atomic E-state index is 0.347. The van der Waals surface area contributed by atoms with Crippen LogP contribution < -0.4 is 10.1 Å². The van der Waals surface area contributed by atoms with Gasteiger partial charge >= 0.3 is 0 Å². The van der Waals surface area contributed by atoms with Gasteiger partial charge in [0.2, 0.25) is 0 Å². The summed E-state index contributed by atoms with van der Waals surface area (Å²) >= 11 is 0. The molecule has 3 saturated carbocycles. The Hall–Kier alpha value is -1.02. The maximum Gasteiger partial charge on any atom is 0.123 e. The van der Waals surface area contributed by atoms with E-state index in [4.69, 9.17) is 4.74 Å². The number of ether oxygens (including phenoxy) is 1. The molecule has 5 rings (SSSR count). The van der Waals surface area contributed by atoms with Gasteiger partial charge in [0.15, 0.2) is 0 Å². The van der Waals surface area contributed by atoms with Crippen LogP contribution in [0.2, 0.25) is 0 Å². The van der Waals surface area contributed by atoms with Gasteiger partial charge in [0, 0.05) is 12.5 Å². The zero-order chi connectivity index (χ0) is 14.1. The van der Waals surface area contributed by atoms with Crippen LogP contribution in [0.5, 0.6) is 5.75 Å². The Bertz CT molecular complexity index is 567. The Balaban J connectivity index is 1.43. The largest absolute Gasteiger partial charge is 0.490 e. The van der Waals surface area contributed by atoms with Gasteiger partial charge in [-0.05, 0) is 80.0 Å².